The minimum atomic E-state index is -1.04. The first-order chi connectivity index (χ1) is 24.7. The van der Waals surface area contributed by atoms with Crippen molar-refractivity contribution < 1.29 is 33.4 Å². The summed E-state index contributed by atoms with van der Waals surface area (Å²) in [6.07, 6.45) is 1.10. The van der Waals surface area contributed by atoms with Crippen LogP contribution in [0.2, 0.25) is 5.02 Å². The Kier molecular flexibility index (Phi) is 12.3. The van der Waals surface area contributed by atoms with Gasteiger partial charge in [0.15, 0.2) is 0 Å². The molecule has 10 nitrogen and oxygen atoms in total. The van der Waals surface area contributed by atoms with E-state index in [2.05, 4.69) is 29.6 Å². The van der Waals surface area contributed by atoms with Gasteiger partial charge in [0, 0.05) is 44.1 Å². The van der Waals surface area contributed by atoms with E-state index in [1.54, 1.807) is 35.9 Å². The molecule has 0 radical (unpaired) electrons. The highest BCUT2D eigenvalue weighted by molar-refractivity contribution is 6.30. The molecule has 0 bridgehead atoms. The molecule has 11 heteroatoms. The number of rotatable bonds is 12. The van der Waals surface area contributed by atoms with Crippen LogP contribution in [0.25, 0.3) is 11.1 Å². The number of likely N-dealkylation sites (N-methyl/N-ethyl adjacent to an activating group) is 1. The van der Waals surface area contributed by atoms with Crippen LogP contribution in [0.15, 0.2) is 72.8 Å². The smallest absolute Gasteiger partial charge is 0.410 e. The second-order valence-corrected chi connectivity index (χ2v) is 15.4. The zero-order valence-electron chi connectivity index (χ0n) is 30.9. The molecule has 3 aromatic carbocycles. The van der Waals surface area contributed by atoms with Crippen molar-refractivity contribution in [2.75, 3.05) is 40.5 Å². The highest BCUT2D eigenvalue weighted by Gasteiger charge is 2.45. The third-order valence-electron chi connectivity index (χ3n) is 9.94. The minimum Gasteiger partial charge on any atom is -0.465 e. The molecule has 1 aliphatic carbocycles. The monoisotopic (exact) mass is 731 g/mol. The molecular weight excluding hydrogens is 682 g/mol. The number of methoxy groups -OCH3 is 1. The fourth-order valence-electron chi connectivity index (χ4n) is 7.25. The summed E-state index contributed by atoms with van der Waals surface area (Å²) in [4.78, 5) is 57.4. The predicted molar refractivity (Wildman–Crippen MR) is 200 cm³/mol. The summed E-state index contributed by atoms with van der Waals surface area (Å²) in [5.41, 5.74) is 3.92. The largest absolute Gasteiger partial charge is 0.465 e. The molecule has 3 amide bonds. The quantitative estimate of drug-likeness (QED) is 0.208. The van der Waals surface area contributed by atoms with Gasteiger partial charge in [0.05, 0.1) is 18.6 Å². The van der Waals surface area contributed by atoms with Crippen molar-refractivity contribution >= 4 is 35.5 Å². The number of carbonyl (C=O) groups excluding carboxylic acids is 4. The van der Waals surface area contributed by atoms with E-state index < -0.39 is 41.1 Å². The molecule has 2 aliphatic rings. The SMILES string of the molecule is COC[C@H](NC(=O)[C@H](C)CC(=O)OCC1c2ccccc2-c2ccccc21)C(=O)N(C)[C@@]1(Cc2ccc(Cl)cc2)CCCN(C(=O)OC(C)(C)C)C1. The number of amides is 3. The lowest BCUT2D eigenvalue weighted by atomic mass is 9.81. The van der Waals surface area contributed by atoms with Crippen LogP contribution < -0.4 is 5.32 Å². The van der Waals surface area contributed by atoms with Crippen molar-refractivity contribution in [3.8, 4) is 11.1 Å². The number of piperidine rings is 1. The molecule has 52 heavy (non-hydrogen) atoms. The number of fused-ring (bicyclic) bond motifs is 3. The van der Waals surface area contributed by atoms with Crippen molar-refractivity contribution in [2.24, 2.45) is 5.92 Å². The molecular formula is C41H50ClN3O7. The summed E-state index contributed by atoms with van der Waals surface area (Å²) in [6.45, 7) is 7.89. The van der Waals surface area contributed by atoms with E-state index in [1.165, 1.54) is 7.11 Å². The van der Waals surface area contributed by atoms with Gasteiger partial charge >= 0.3 is 12.1 Å². The number of ether oxygens (including phenoxy) is 3. The minimum absolute atomic E-state index is 0.0839. The summed E-state index contributed by atoms with van der Waals surface area (Å²) in [5, 5.41) is 3.43. The van der Waals surface area contributed by atoms with Gasteiger partial charge in [-0.1, -0.05) is 79.2 Å². The van der Waals surface area contributed by atoms with Crippen LogP contribution in [0, 0.1) is 5.92 Å². The number of esters is 1. The topological polar surface area (TPSA) is 114 Å². The molecule has 3 atom stereocenters. The zero-order chi connectivity index (χ0) is 37.6. The maximum atomic E-state index is 14.3. The molecule has 3 aromatic rings. The van der Waals surface area contributed by atoms with E-state index in [0.29, 0.717) is 30.8 Å². The molecule has 1 fully saturated rings. The maximum Gasteiger partial charge on any atom is 0.410 e. The second-order valence-electron chi connectivity index (χ2n) is 15.0. The first-order valence-electron chi connectivity index (χ1n) is 17.8. The fourth-order valence-corrected chi connectivity index (χ4v) is 7.38. The van der Waals surface area contributed by atoms with Crippen LogP contribution in [-0.2, 0) is 35.0 Å². The van der Waals surface area contributed by atoms with E-state index in [9.17, 15) is 19.2 Å². The van der Waals surface area contributed by atoms with Gasteiger partial charge in [0.2, 0.25) is 11.8 Å². The molecule has 0 unspecified atom stereocenters. The standard InChI is InChI=1S/C41H50ClN3O7/c1-27(22-36(46)51-24-34-32-14-9-7-12-30(32)31-13-8-10-15-33(31)34)37(47)43-35(25-50-6)38(48)44(5)41(23-28-16-18-29(42)19-17-28)20-11-21-45(26-41)39(49)52-40(2,3)4/h7-10,12-19,27,34-35H,11,20-26H2,1-6H3,(H,43,47)/t27-,35+,41-/m1/s1. The molecule has 0 saturated carbocycles. The number of halogens is 1. The highest BCUT2D eigenvalue weighted by Crippen LogP contribution is 2.44. The molecule has 1 aliphatic heterocycles. The Hall–Kier alpha value is -4.41. The summed E-state index contributed by atoms with van der Waals surface area (Å²) >= 11 is 6.18. The summed E-state index contributed by atoms with van der Waals surface area (Å²) in [7, 11) is 3.16. The summed E-state index contributed by atoms with van der Waals surface area (Å²) in [5.74, 6) is -2.20. The van der Waals surface area contributed by atoms with Gasteiger partial charge in [-0.3, -0.25) is 14.4 Å². The maximum absolute atomic E-state index is 14.3. The normalized spacial score (nSPS) is 18.1. The Morgan fingerprint density at radius 1 is 0.981 bits per heavy atom. The first kappa shape index (κ1) is 38.8. The van der Waals surface area contributed by atoms with Crippen LogP contribution in [0.1, 0.15) is 69.6 Å². The van der Waals surface area contributed by atoms with Gasteiger partial charge in [-0.15, -0.1) is 0 Å². The molecule has 5 rings (SSSR count). The Bertz CT molecular complexity index is 1710. The molecule has 0 aromatic heterocycles. The lowest BCUT2D eigenvalue weighted by Crippen LogP contribution is -2.64. The Morgan fingerprint density at radius 2 is 1.60 bits per heavy atom. The molecule has 1 heterocycles. The lowest BCUT2D eigenvalue weighted by Gasteiger charge is -2.49. The van der Waals surface area contributed by atoms with Crippen molar-refractivity contribution in [1.29, 1.82) is 0 Å². The van der Waals surface area contributed by atoms with Gasteiger partial charge in [0.1, 0.15) is 18.2 Å². The van der Waals surface area contributed by atoms with Gasteiger partial charge in [-0.05, 0) is 80.0 Å². The Morgan fingerprint density at radius 3 is 2.19 bits per heavy atom. The van der Waals surface area contributed by atoms with Crippen molar-refractivity contribution in [1.82, 2.24) is 15.1 Å². The molecule has 0 spiro atoms. The molecule has 1 saturated heterocycles. The number of nitrogens with one attached hydrogen (secondary N) is 1. The van der Waals surface area contributed by atoms with Crippen LogP contribution in [0.3, 0.4) is 0 Å². The van der Waals surface area contributed by atoms with E-state index >= 15 is 0 Å². The van der Waals surface area contributed by atoms with Gasteiger partial charge in [-0.25, -0.2) is 4.79 Å². The predicted octanol–water partition coefficient (Wildman–Crippen LogP) is 6.62. The van der Waals surface area contributed by atoms with Crippen molar-refractivity contribution in [2.45, 2.75) is 76.5 Å². The van der Waals surface area contributed by atoms with Gasteiger partial charge < -0.3 is 29.3 Å². The van der Waals surface area contributed by atoms with Crippen molar-refractivity contribution in [3.63, 3.8) is 0 Å². The third kappa shape index (κ3) is 9.14. The number of benzene rings is 3. The molecule has 1 N–H and O–H groups in total. The second kappa shape index (κ2) is 16.5. The zero-order valence-corrected chi connectivity index (χ0v) is 31.7. The fraction of sp³-hybridized carbons (Fsp3) is 0.463. The first-order valence-corrected chi connectivity index (χ1v) is 18.2. The van der Waals surface area contributed by atoms with E-state index in [-0.39, 0.29) is 38.0 Å². The van der Waals surface area contributed by atoms with Crippen molar-refractivity contribution in [3.05, 3.63) is 94.5 Å². The number of hydrogen-bond acceptors (Lipinski definition) is 7. The Labute approximate surface area is 311 Å². The van der Waals surface area contributed by atoms with Gasteiger partial charge in [-0.2, -0.15) is 0 Å². The number of hydrogen-bond donors (Lipinski definition) is 1. The summed E-state index contributed by atoms with van der Waals surface area (Å²) in [6, 6.07) is 22.6. The average molecular weight is 732 g/mol. The summed E-state index contributed by atoms with van der Waals surface area (Å²) < 4.78 is 16.8. The molecule has 278 valence electrons. The lowest BCUT2D eigenvalue weighted by molar-refractivity contribution is -0.148. The van der Waals surface area contributed by atoms with E-state index in [4.69, 9.17) is 25.8 Å². The van der Waals surface area contributed by atoms with Crippen LogP contribution in [0.4, 0.5) is 4.79 Å². The highest BCUT2D eigenvalue weighted by atomic mass is 35.5. The van der Waals surface area contributed by atoms with Crippen LogP contribution >= 0.6 is 11.6 Å². The third-order valence-corrected chi connectivity index (χ3v) is 10.2. The number of carbonyl (C=O) groups is 4. The van der Waals surface area contributed by atoms with E-state index in [1.807, 2.05) is 57.2 Å². The van der Waals surface area contributed by atoms with Gasteiger partial charge in [0.25, 0.3) is 0 Å². The van der Waals surface area contributed by atoms with E-state index in [0.717, 1.165) is 27.8 Å². The number of nitrogens with zero attached hydrogens (tertiary/aromatic N) is 2. The average Bonchev–Trinajstić information content (AvgIpc) is 3.43. The number of likely N-dealkylation sites (tertiary alicyclic amines) is 1. The Balaban J connectivity index is 1.26. The van der Waals surface area contributed by atoms with Crippen LogP contribution in [-0.4, -0.2) is 91.3 Å². The van der Waals surface area contributed by atoms with Crippen LogP contribution in [0.5, 0.6) is 0 Å².